The molecule has 0 fully saturated rings. The Bertz CT molecular complexity index is 328. The summed E-state index contributed by atoms with van der Waals surface area (Å²) >= 11 is 8.34. The van der Waals surface area contributed by atoms with E-state index in [9.17, 15) is 0 Å². The highest BCUT2D eigenvalue weighted by atomic mass is 32.9. The Labute approximate surface area is 114 Å². The van der Waals surface area contributed by atoms with Crippen molar-refractivity contribution in [1.82, 2.24) is 5.32 Å². The summed E-state index contributed by atoms with van der Waals surface area (Å²) in [7, 11) is 0. The van der Waals surface area contributed by atoms with E-state index in [0.717, 1.165) is 18.7 Å². The summed E-state index contributed by atoms with van der Waals surface area (Å²) in [5.41, 5.74) is -1.82. The first kappa shape index (κ1) is 17.1. The third-order valence-corrected chi connectivity index (χ3v) is 2.87. The van der Waals surface area contributed by atoms with Gasteiger partial charge in [0.25, 0.3) is 0 Å². The van der Waals surface area contributed by atoms with Gasteiger partial charge in [-0.3, -0.25) is 0 Å². The minimum Gasteiger partial charge on any atom is -0.338 e. The third kappa shape index (κ3) is 12.3. The molecule has 6 heteroatoms. The third-order valence-electron chi connectivity index (χ3n) is 1.74. The lowest BCUT2D eigenvalue weighted by Crippen LogP contribution is -2.09. The van der Waals surface area contributed by atoms with Gasteiger partial charge in [-0.2, -0.15) is 0 Å². The van der Waals surface area contributed by atoms with E-state index >= 15 is 0 Å². The van der Waals surface area contributed by atoms with E-state index in [0.29, 0.717) is 6.61 Å². The molecule has 0 aliphatic heterocycles. The van der Waals surface area contributed by atoms with E-state index in [-0.39, 0.29) is 0 Å². The van der Waals surface area contributed by atoms with Crippen molar-refractivity contribution in [1.29, 1.82) is 0 Å². The molecular formula is C11H20NO2PS2. The van der Waals surface area contributed by atoms with Crippen molar-refractivity contribution in [2.45, 2.75) is 20.5 Å². The Morgan fingerprint density at radius 3 is 2.18 bits per heavy atom. The van der Waals surface area contributed by atoms with Crippen molar-refractivity contribution >= 4 is 29.7 Å². The Balaban J connectivity index is 0.000000437. The van der Waals surface area contributed by atoms with Crippen molar-refractivity contribution in [2.24, 2.45) is 0 Å². The summed E-state index contributed by atoms with van der Waals surface area (Å²) in [4.78, 5) is 9.05. The normalized spacial score (nSPS) is 13.4. The molecule has 0 aliphatic carbocycles. The molecule has 1 aromatic rings. The number of nitrogens with one attached hydrogen (secondary N) is 1. The van der Waals surface area contributed by atoms with Crippen LogP contribution in [0.4, 0.5) is 0 Å². The maximum absolute atomic E-state index is 9.05. The topological polar surface area (TPSA) is 41.5 Å². The molecule has 0 saturated carbocycles. The van der Waals surface area contributed by atoms with Gasteiger partial charge in [-0.1, -0.05) is 56.4 Å². The molecule has 1 aromatic carbocycles. The first-order chi connectivity index (χ1) is 7.99. The molecule has 1 atom stereocenters. The maximum atomic E-state index is 9.05. The average Bonchev–Trinajstić information content (AvgIpc) is 2.29. The van der Waals surface area contributed by atoms with Crippen LogP contribution in [-0.2, 0) is 22.9 Å². The van der Waals surface area contributed by atoms with Crippen LogP contribution in [0.15, 0.2) is 30.3 Å². The highest BCUT2D eigenvalue weighted by Gasteiger charge is 2.05. The Hall–Kier alpha value is 0.1000. The van der Waals surface area contributed by atoms with Gasteiger partial charge in [0.15, 0.2) is 0 Å². The van der Waals surface area contributed by atoms with Gasteiger partial charge in [0.1, 0.15) is 0 Å². The van der Waals surface area contributed by atoms with Gasteiger partial charge in [0.05, 0.1) is 6.61 Å². The van der Waals surface area contributed by atoms with Crippen molar-refractivity contribution in [3.05, 3.63) is 35.9 Å². The summed E-state index contributed by atoms with van der Waals surface area (Å²) in [6.07, 6.45) is 0. The monoisotopic (exact) mass is 293 g/mol. The molecule has 0 bridgehead atoms. The van der Waals surface area contributed by atoms with Crippen molar-refractivity contribution < 1.29 is 9.42 Å². The Kier molecular flexibility index (Phi) is 10.1. The van der Waals surface area contributed by atoms with Crippen molar-refractivity contribution in [3.8, 4) is 0 Å². The van der Waals surface area contributed by atoms with Gasteiger partial charge in [0, 0.05) is 0 Å². The zero-order chi connectivity index (χ0) is 13.1. The lowest BCUT2D eigenvalue weighted by atomic mass is 10.2. The summed E-state index contributed by atoms with van der Waals surface area (Å²) < 4.78 is 4.96. The SMILES string of the molecule is CCNCC.OP(=S)(S)OCc1ccccc1. The second-order valence-electron chi connectivity index (χ2n) is 3.21. The minimum atomic E-state index is -2.80. The molecule has 0 spiro atoms. The number of thiol groups is 1. The molecule has 0 heterocycles. The maximum Gasteiger partial charge on any atom is 0.241 e. The van der Waals surface area contributed by atoms with E-state index in [1.54, 1.807) is 0 Å². The lowest BCUT2D eigenvalue weighted by Gasteiger charge is -2.08. The van der Waals surface area contributed by atoms with Crippen LogP contribution in [0, 0.1) is 0 Å². The zero-order valence-corrected chi connectivity index (χ0v) is 12.8. The fourth-order valence-corrected chi connectivity index (χ4v) is 1.63. The molecule has 1 unspecified atom stereocenters. The zero-order valence-electron chi connectivity index (χ0n) is 10.2. The summed E-state index contributed by atoms with van der Waals surface area (Å²) in [5, 5.41) is 3.11. The largest absolute Gasteiger partial charge is 0.338 e. The fraction of sp³-hybridized carbons (Fsp3) is 0.455. The molecule has 2 N–H and O–H groups in total. The van der Waals surface area contributed by atoms with E-state index in [1.165, 1.54) is 0 Å². The van der Waals surface area contributed by atoms with Gasteiger partial charge in [-0.05, 0) is 30.5 Å². The Morgan fingerprint density at radius 1 is 1.29 bits per heavy atom. The molecule has 0 saturated heterocycles. The van der Waals surface area contributed by atoms with Gasteiger partial charge >= 0.3 is 0 Å². The van der Waals surface area contributed by atoms with E-state index in [4.69, 9.17) is 9.42 Å². The fourth-order valence-electron chi connectivity index (χ4n) is 0.983. The minimum absolute atomic E-state index is 0.318. The van der Waals surface area contributed by atoms with Crippen LogP contribution in [0.3, 0.4) is 0 Å². The summed E-state index contributed by atoms with van der Waals surface area (Å²) in [6.45, 7) is 6.71. The van der Waals surface area contributed by atoms with Crippen LogP contribution in [0.1, 0.15) is 19.4 Å². The molecular weight excluding hydrogens is 273 g/mol. The molecule has 3 nitrogen and oxygen atoms in total. The van der Waals surface area contributed by atoms with Crippen LogP contribution < -0.4 is 5.32 Å². The van der Waals surface area contributed by atoms with Crippen LogP contribution >= 0.6 is 17.9 Å². The predicted octanol–water partition coefficient (Wildman–Crippen LogP) is 2.97. The Morgan fingerprint density at radius 2 is 1.82 bits per heavy atom. The van der Waals surface area contributed by atoms with Crippen LogP contribution in [0.5, 0.6) is 0 Å². The number of hydrogen-bond donors (Lipinski definition) is 3. The number of hydrogen-bond acceptors (Lipinski definition) is 3. The van der Waals surface area contributed by atoms with Crippen molar-refractivity contribution in [2.75, 3.05) is 13.1 Å². The number of benzene rings is 1. The van der Waals surface area contributed by atoms with E-state index < -0.39 is 5.69 Å². The second kappa shape index (κ2) is 10.1. The second-order valence-corrected chi connectivity index (χ2v) is 8.37. The van der Waals surface area contributed by atoms with Gasteiger partial charge in [-0.25, -0.2) is 0 Å². The molecule has 0 amide bonds. The average molecular weight is 293 g/mol. The molecule has 0 aromatic heterocycles. The number of rotatable bonds is 5. The molecule has 0 aliphatic rings. The smallest absolute Gasteiger partial charge is 0.241 e. The lowest BCUT2D eigenvalue weighted by molar-refractivity contribution is 0.310. The quantitative estimate of drug-likeness (QED) is 0.577. The van der Waals surface area contributed by atoms with Crippen LogP contribution in [-0.4, -0.2) is 18.0 Å². The van der Waals surface area contributed by atoms with Gasteiger partial charge in [0.2, 0.25) is 5.69 Å². The van der Waals surface area contributed by atoms with E-state index in [2.05, 4.69) is 43.2 Å². The molecule has 1 rings (SSSR count). The molecule has 17 heavy (non-hydrogen) atoms. The van der Waals surface area contributed by atoms with Crippen LogP contribution in [0.2, 0.25) is 0 Å². The van der Waals surface area contributed by atoms with Crippen molar-refractivity contribution in [3.63, 3.8) is 0 Å². The highest BCUT2D eigenvalue weighted by molar-refractivity contribution is 8.59. The van der Waals surface area contributed by atoms with E-state index in [1.807, 2.05) is 30.3 Å². The molecule has 98 valence electrons. The first-order valence-electron chi connectivity index (χ1n) is 5.44. The standard InChI is InChI=1S/C7H9O2PS2.C4H11N/c8-10(11,12)9-6-7-4-2-1-3-5-7;1-3-5-4-2/h1-5H,6H2,(H2,8,11,12);5H,3-4H2,1-2H3. The first-order valence-corrected chi connectivity index (χ1v) is 9.27. The highest BCUT2D eigenvalue weighted by Crippen LogP contribution is 2.47. The summed E-state index contributed by atoms with van der Waals surface area (Å²) in [6, 6.07) is 9.52. The predicted molar refractivity (Wildman–Crippen MR) is 80.9 cm³/mol. The van der Waals surface area contributed by atoms with Gasteiger partial charge < -0.3 is 14.7 Å². The van der Waals surface area contributed by atoms with Gasteiger partial charge in [-0.15, -0.1) is 0 Å². The summed E-state index contributed by atoms with van der Waals surface area (Å²) in [5.74, 6) is 0. The van der Waals surface area contributed by atoms with Crippen LogP contribution in [0.25, 0.3) is 0 Å². The molecule has 0 radical (unpaired) electrons.